The smallest absolute Gasteiger partial charge is 0.408 e. The minimum absolute atomic E-state index is 0.0256. The fraction of sp³-hybridized carbons (Fsp3) is 0.500. The van der Waals surface area contributed by atoms with E-state index in [1.165, 1.54) is 11.0 Å². The van der Waals surface area contributed by atoms with Crippen LogP contribution in [0.1, 0.15) is 72.1 Å². The summed E-state index contributed by atoms with van der Waals surface area (Å²) in [6.07, 6.45) is 6.33. The van der Waals surface area contributed by atoms with Crippen molar-refractivity contribution in [2.45, 2.75) is 101 Å². The SMILES string of the molecule is C=CC1CC1(NC(=O)[C@@H]1C[C@@H](Oc2cc(-c3ccccc3)nc3cc(OC)ccc23)CN1C(=O)[C@H](CC1CCCCC1)NC(=O)OC(C)(C)C)C(=O)NS(C)(=O)=O. The number of aromatic nitrogens is 1. The van der Waals surface area contributed by atoms with Crippen molar-refractivity contribution in [2.24, 2.45) is 11.8 Å². The number of carbonyl (C=O) groups excluding carboxylic acids is 4. The number of nitrogens with one attached hydrogen (secondary N) is 3. The van der Waals surface area contributed by atoms with Gasteiger partial charge < -0.3 is 29.7 Å². The Hall–Kier alpha value is -5.18. The molecule has 6 rings (SSSR count). The molecule has 3 fully saturated rings. The average molecular weight is 804 g/mol. The lowest BCUT2D eigenvalue weighted by Crippen LogP contribution is -2.58. The summed E-state index contributed by atoms with van der Waals surface area (Å²) in [6, 6.07) is 14.7. The molecule has 1 saturated heterocycles. The van der Waals surface area contributed by atoms with Crippen molar-refractivity contribution < 1.29 is 41.8 Å². The van der Waals surface area contributed by atoms with Gasteiger partial charge in [-0.2, -0.15) is 0 Å². The van der Waals surface area contributed by atoms with Crippen LogP contribution in [0.5, 0.6) is 11.5 Å². The number of benzene rings is 2. The number of nitrogens with zero attached hydrogens (tertiary/aromatic N) is 2. The molecule has 4 amide bonds. The molecule has 0 bridgehead atoms. The predicted octanol–water partition coefficient (Wildman–Crippen LogP) is 5.26. The Morgan fingerprint density at radius 1 is 1.05 bits per heavy atom. The topological polar surface area (TPSA) is 182 Å². The lowest BCUT2D eigenvalue weighted by molar-refractivity contribution is -0.141. The summed E-state index contributed by atoms with van der Waals surface area (Å²) in [4.78, 5) is 62.0. The first-order valence-corrected chi connectivity index (χ1v) is 21.4. The fourth-order valence-electron chi connectivity index (χ4n) is 7.94. The third-order valence-corrected chi connectivity index (χ3v) is 11.4. The number of fused-ring (bicyclic) bond motifs is 1. The van der Waals surface area contributed by atoms with Crippen molar-refractivity contribution in [1.29, 1.82) is 0 Å². The first kappa shape index (κ1) is 41.5. The van der Waals surface area contributed by atoms with Gasteiger partial charge in [0.25, 0.3) is 5.91 Å². The number of sulfonamides is 1. The Labute approximate surface area is 334 Å². The monoisotopic (exact) mass is 803 g/mol. The molecule has 2 aliphatic carbocycles. The van der Waals surface area contributed by atoms with Gasteiger partial charge in [-0.3, -0.25) is 19.1 Å². The summed E-state index contributed by atoms with van der Waals surface area (Å²) in [5.41, 5.74) is -0.284. The van der Waals surface area contributed by atoms with E-state index < -0.39 is 69.1 Å². The maximum atomic E-state index is 14.8. The maximum Gasteiger partial charge on any atom is 0.408 e. The molecule has 1 aliphatic heterocycles. The first-order valence-electron chi connectivity index (χ1n) is 19.5. The number of amides is 4. The van der Waals surface area contributed by atoms with E-state index in [9.17, 15) is 27.6 Å². The van der Waals surface area contributed by atoms with E-state index in [0.717, 1.165) is 43.9 Å². The number of hydrogen-bond donors (Lipinski definition) is 3. The second kappa shape index (κ2) is 16.7. The highest BCUT2D eigenvalue weighted by molar-refractivity contribution is 7.89. The van der Waals surface area contributed by atoms with Crippen LogP contribution < -0.4 is 24.8 Å². The van der Waals surface area contributed by atoms with E-state index >= 15 is 0 Å². The molecule has 2 aromatic carbocycles. The summed E-state index contributed by atoms with van der Waals surface area (Å²) in [5, 5.41) is 6.30. The largest absolute Gasteiger partial charge is 0.497 e. The van der Waals surface area contributed by atoms with Gasteiger partial charge in [0.05, 0.1) is 31.1 Å². The van der Waals surface area contributed by atoms with Crippen LogP contribution in [0.25, 0.3) is 22.2 Å². The number of likely N-dealkylation sites (tertiary alicyclic amines) is 1. The van der Waals surface area contributed by atoms with E-state index in [0.29, 0.717) is 34.5 Å². The lowest BCUT2D eigenvalue weighted by Gasteiger charge is -2.32. The molecule has 3 aliphatic rings. The van der Waals surface area contributed by atoms with Crippen molar-refractivity contribution in [1.82, 2.24) is 25.2 Å². The highest BCUT2D eigenvalue weighted by atomic mass is 32.2. The zero-order valence-corrected chi connectivity index (χ0v) is 34.0. The van der Waals surface area contributed by atoms with E-state index in [-0.39, 0.29) is 25.3 Å². The van der Waals surface area contributed by atoms with Gasteiger partial charge in [0.1, 0.15) is 40.8 Å². The van der Waals surface area contributed by atoms with Gasteiger partial charge in [-0.15, -0.1) is 6.58 Å². The Bertz CT molecular complexity index is 2120. The zero-order valence-electron chi connectivity index (χ0n) is 33.2. The molecular formula is C42H53N5O9S. The number of carbonyl (C=O) groups is 4. The Morgan fingerprint density at radius 2 is 1.77 bits per heavy atom. The standard InChI is InChI=1S/C42H53N5O9S/c1-7-28-24-42(28,39(50)46-57(6,52)53)45-37(48)35-22-30(25-47(35)38(49)34(20-26-14-10-8-11-15-26)44-40(51)56-41(2,3)4)55-36-23-32(27-16-12-9-13-17-27)43-33-21-29(54-5)18-19-31(33)36/h7,9,12-13,16-19,21,23,26,28,30,34-35H,1,8,10-11,14-15,20,22,24-25H2,2-6H3,(H,44,51)(H,45,48)(H,46,50)/t28?,30-,34+,35+,42?/m1/s1. The number of methoxy groups -OCH3 is 1. The first-order chi connectivity index (χ1) is 27.0. The molecule has 14 nitrogen and oxygen atoms in total. The van der Waals surface area contributed by atoms with Gasteiger partial charge in [0.15, 0.2) is 0 Å². The molecule has 15 heteroatoms. The van der Waals surface area contributed by atoms with Crippen LogP contribution in [0.4, 0.5) is 4.79 Å². The quantitative estimate of drug-likeness (QED) is 0.193. The van der Waals surface area contributed by atoms with Crippen molar-refractivity contribution in [3.8, 4) is 22.8 Å². The highest BCUT2D eigenvalue weighted by Crippen LogP contribution is 2.45. The van der Waals surface area contributed by atoms with E-state index in [1.807, 2.05) is 47.2 Å². The number of rotatable bonds is 13. The van der Waals surface area contributed by atoms with Crippen LogP contribution >= 0.6 is 0 Å². The molecule has 5 atom stereocenters. The average Bonchev–Trinajstić information content (AvgIpc) is 3.72. The van der Waals surface area contributed by atoms with Gasteiger partial charge in [-0.25, -0.2) is 18.2 Å². The zero-order chi connectivity index (χ0) is 41.1. The molecule has 0 radical (unpaired) electrons. The second-order valence-electron chi connectivity index (χ2n) is 16.4. The molecular weight excluding hydrogens is 751 g/mol. The van der Waals surface area contributed by atoms with Crippen LogP contribution in [0.3, 0.4) is 0 Å². The van der Waals surface area contributed by atoms with Crippen LogP contribution in [-0.2, 0) is 29.1 Å². The number of alkyl carbamates (subject to hydrolysis) is 1. The Balaban J connectivity index is 1.35. The molecule has 57 heavy (non-hydrogen) atoms. The number of hydrogen-bond acceptors (Lipinski definition) is 10. The van der Waals surface area contributed by atoms with Crippen LogP contribution in [0.15, 0.2) is 67.3 Å². The fourth-order valence-corrected chi connectivity index (χ4v) is 8.46. The maximum absolute atomic E-state index is 14.8. The summed E-state index contributed by atoms with van der Waals surface area (Å²) in [6.45, 7) is 8.95. The molecule has 3 aromatic rings. The summed E-state index contributed by atoms with van der Waals surface area (Å²) in [5.74, 6) is -1.32. The molecule has 2 heterocycles. The van der Waals surface area contributed by atoms with E-state index in [1.54, 1.807) is 40.0 Å². The Kier molecular flexibility index (Phi) is 12.2. The van der Waals surface area contributed by atoms with Gasteiger partial charge in [0, 0.05) is 35.4 Å². The van der Waals surface area contributed by atoms with Gasteiger partial charge >= 0.3 is 6.09 Å². The summed E-state index contributed by atoms with van der Waals surface area (Å²) in [7, 11) is -2.38. The van der Waals surface area contributed by atoms with Crippen LogP contribution in [0, 0.1) is 11.8 Å². The predicted molar refractivity (Wildman–Crippen MR) is 215 cm³/mol. The van der Waals surface area contributed by atoms with Crippen molar-refractivity contribution >= 4 is 44.7 Å². The third-order valence-electron chi connectivity index (χ3n) is 10.8. The van der Waals surface area contributed by atoms with E-state index in [4.69, 9.17) is 19.2 Å². The number of ether oxygens (including phenoxy) is 3. The van der Waals surface area contributed by atoms with Gasteiger partial charge in [-0.05, 0) is 51.7 Å². The molecule has 306 valence electrons. The van der Waals surface area contributed by atoms with Crippen molar-refractivity contribution in [2.75, 3.05) is 19.9 Å². The molecule has 2 unspecified atom stereocenters. The van der Waals surface area contributed by atoms with Crippen LogP contribution in [-0.4, -0.2) is 91.4 Å². The molecule has 1 aromatic heterocycles. The second-order valence-corrected chi connectivity index (χ2v) is 18.1. The number of pyridine rings is 1. The minimum Gasteiger partial charge on any atom is -0.497 e. The minimum atomic E-state index is -3.95. The van der Waals surface area contributed by atoms with Crippen molar-refractivity contribution in [3.63, 3.8) is 0 Å². The van der Waals surface area contributed by atoms with Gasteiger partial charge in [0.2, 0.25) is 21.8 Å². The Morgan fingerprint density at radius 3 is 2.40 bits per heavy atom. The normalized spacial score (nSPS) is 22.9. The summed E-state index contributed by atoms with van der Waals surface area (Å²) < 4.78 is 43.9. The lowest BCUT2D eigenvalue weighted by atomic mass is 9.84. The van der Waals surface area contributed by atoms with E-state index in [2.05, 4.69) is 17.2 Å². The van der Waals surface area contributed by atoms with Crippen molar-refractivity contribution in [3.05, 3.63) is 67.3 Å². The third kappa shape index (κ3) is 10.0. The van der Waals surface area contributed by atoms with Crippen LogP contribution in [0.2, 0.25) is 0 Å². The summed E-state index contributed by atoms with van der Waals surface area (Å²) >= 11 is 0. The highest BCUT2D eigenvalue weighted by Gasteiger charge is 2.61. The van der Waals surface area contributed by atoms with Gasteiger partial charge in [-0.1, -0.05) is 68.5 Å². The molecule has 3 N–H and O–H groups in total. The molecule has 2 saturated carbocycles. The molecule has 0 spiro atoms.